The van der Waals surface area contributed by atoms with Crippen LogP contribution in [0.15, 0.2) is 18.2 Å². The van der Waals surface area contributed by atoms with E-state index in [-0.39, 0.29) is 12.5 Å². The number of carbonyl (C=O) groups is 1. The van der Waals surface area contributed by atoms with E-state index in [9.17, 15) is 9.90 Å². The van der Waals surface area contributed by atoms with Crippen molar-refractivity contribution in [2.75, 3.05) is 12.3 Å². The van der Waals surface area contributed by atoms with Gasteiger partial charge in [-0.2, -0.15) is 0 Å². The maximum atomic E-state index is 11.8. The van der Waals surface area contributed by atoms with E-state index in [2.05, 4.69) is 5.32 Å². The van der Waals surface area contributed by atoms with Gasteiger partial charge in [-0.25, -0.2) is 0 Å². The van der Waals surface area contributed by atoms with Crippen molar-refractivity contribution >= 4 is 11.6 Å². The van der Waals surface area contributed by atoms with Crippen LogP contribution in [-0.4, -0.2) is 23.2 Å². The minimum Gasteiger partial charge on any atom is -0.399 e. The zero-order valence-electron chi connectivity index (χ0n) is 10.6. The number of hydrogen-bond acceptors (Lipinski definition) is 3. The lowest BCUT2D eigenvalue weighted by Gasteiger charge is -2.21. The van der Waals surface area contributed by atoms with Crippen molar-refractivity contribution in [3.8, 4) is 0 Å². The van der Waals surface area contributed by atoms with Crippen LogP contribution in [-0.2, 0) is 0 Å². The van der Waals surface area contributed by atoms with Gasteiger partial charge in [0.1, 0.15) is 0 Å². The molecule has 1 amide bonds. The highest BCUT2D eigenvalue weighted by Crippen LogP contribution is 2.12. The molecule has 1 aromatic rings. The van der Waals surface area contributed by atoms with E-state index in [0.29, 0.717) is 17.7 Å². The number of hydrogen-bond donors (Lipinski definition) is 3. The van der Waals surface area contributed by atoms with Gasteiger partial charge in [0.15, 0.2) is 0 Å². The Labute approximate surface area is 102 Å². The summed E-state index contributed by atoms with van der Waals surface area (Å²) >= 11 is 0. The van der Waals surface area contributed by atoms with E-state index in [1.807, 2.05) is 13.8 Å². The lowest BCUT2D eigenvalue weighted by atomic mass is 10.0. The molecule has 17 heavy (non-hydrogen) atoms. The van der Waals surface area contributed by atoms with Gasteiger partial charge in [-0.15, -0.1) is 0 Å². The molecule has 0 saturated heterocycles. The summed E-state index contributed by atoms with van der Waals surface area (Å²) in [7, 11) is 0. The van der Waals surface area contributed by atoms with Gasteiger partial charge in [0.05, 0.1) is 5.60 Å². The zero-order chi connectivity index (χ0) is 13.1. The normalized spacial score (nSPS) is 14.1. The van der Waals surface area contributed by atoms with Crippen LogP contribution in [0.3, 0.4) is 0 Å². The lowest BCUT2D eigenvalue weighted by Crippen LogP contribution is -2.40. The highest BCUT2D eigenvalue weighted by Gasteiger charge is 2.18. The van der Waals surface area contributed by atoms with Gasteiger partial charge in [0.2, 0.25) is 0 Å². The van der Waals surface area contributed by atoms with E-state index >= 15 is 0 Å². The quantitative estimate of drug-likeness (QED) is 0.693. The third-order valence-electron chi connectivity index (χ3n) is 2.75. The lowest BCUT2D eigenvalue weighted by molar-refractivity contribution is 0.0518. The number of nitrogens with one attached hydrogen (secondary N) is 1. The van der Waals surface area contributed by atoms with Gasteiger partial charge in [-0.05, 0) is 44.0 Å². The highest BCUT2D eigenvalue weighted by atomic mass is 16.3. The first-order valence-electron chi connectivity index (χ1n) is 5.72. The minimum absolute atomic E-state index is 0.214. The summed E-state index contributed by atoms with van der Waals surface area (Å²) in [4.78, 5) is 11.8. The molecule has 0 saturated carbocycles. The smallest absolute Gasteiger partial charge is 0.251 e. The maximum Gasteiger partial charge on any atom is 0.251 e. The third-order valence-corrected chi connectivity index (χ3v) is 2.75. The van der Waals surface area contributed by atoms with E-state index in [1.54, 1.807) is 25.1 Å². The molecule has 0 heterocycles. The number of aliphatic hydroxyl groups is 1. The second kappa shape index (κ2) is 5.19. The van der Waals surface area contributed by atoms with Gasteiger partial charge < -0.3 is 16.2 Å². The number of amides is 1. The largest absolute Gasteiger partial charge is 0.399 e. The van der Waals surface area contributed by atoms with E-state index in [4.69, 9.17) is 5.73 Å². The predicted octanol–water partition coefficient (Wildman–Crippen LogP) is 1.47. The van der Waals surface area contributed by atoms with Crippen LogP contribution >= 0.6 is 0 Å². The van der Waals surface area contributed by atoms with Gasteiger partial charge in [-0.3, -0.25) is 4.79 Å². The monoisotopic (exact) mass is 236 g/mol. The van der Waals surface area contributed by atoms with Crippen molar-refractivity contribution in [3.05, 3.63) is 29.3 Å². The molecule has 1 unspecified atom stereocenters. The minimum atomic E-state index is -0.870. The fourth-order valence-corrected chi connectivity index (χ4v) is 1.44. The average Bonchev–Trinajstić information content (AvgIpc) is 2.24. The van der Waals surface area contributed by atoms with E-state index < -0.39 is 5.60 Å². The molecule has 1 rings (SSSR count). The van der Waals surface area contributed by atoms with Crippen LogP contribution in [0.4, 0.5) is 5.69 Å². The first kappa shape index (κ1) is 13.5. The SMILES string of the molecule is CCC(C)(O)CNC(=O)c1cc(C)cc(N)c1. The number of nitrogen functional groups attached to an aromatic ring is 1. The van der Waals surface area contributed by atoms with Crippen LogP contribution in [0.2, 0.25) is 0 Å². The van der Waals surface area contributed by atoms with Gasteiger partial charge in [-0.1, -0.05) is 6.92 Å². The van der Waals surface area contributed by atoms with E-state index in [0.717, 1.165) is 5.56 Å². The van der Waals surface area contributed by atoms with Crippen molar-refractivity contribution < 1.29 is 9.90 Å². The summed E-state index contributed by atoms with van der Waals surface area (Å²) < 4.78 is 0. The molecular weight excluding hydrogens is 216 g/mol. The molecule has 4 N–H and O–H groups in total. The van der Waals surface area contributed by atoms with Gasteiger partial charge >= 0.3 is 0 Å². The molecule has 0 aromatic heterocycles. The summed E-state index contributed by atoms with van der Waals surface area (Å²) in [6.45, 7) is 5.68. The van der Waals surface area contributed by atoms with Gasteiger partial charge in [0, 0.05) is 17.8 Å². The summed E-state index contributed by atoms with van der Waals surface area (Å²) in [5.74, 6) is -0.214. The topological polar surface area (TPSA) is 75.3 Å². The van der Waals surface area contributed by atoms with Crippen molar-refractivity contribution in [1.29, 1.82) is 0 Å². The molecule has 1 aromatic carbocycles. The molecule has 1 atom stereocenters. The number of aryl methyl sites for hydroxylation is 1. The van der Waals surface area contributed by atoms with Crippen molar-refractivity contribution in [1.82, 2.24) is 5.32 Å². The van der Waals surface area contributed by atoms with Crippen molar-refractivity contribution in [2.24, 2.45) is 0 Å². The first-order valence-corrected chi connectivity index (χ1v) is 5.72. The Morgan fingerprint density at radius 1 is 1.47 bits per heavy atom. The number of nitrogens with two attached hydrogens (primary N) is 1. The standard InChI is InChI=1S/C13H20N2O2/c1-4-13(3,17)8-15-12(16)10-5-9(2)6-11(14)7-10/h5-7,17H,4,8,14H2,1-3H3,(H,15,16). The van der Waals surface area contributed by atoms with Gasteiger partial charge in [0.25, 0.3) is 5.91 Å². The Morgan fingerprint density at radius 3 is 2.65 bits per heavy atom. The zero-order valence-corrected chi connectivity index (χ0v) is 10.6. The van der Waals surface area contributed by atoms with E-state index in [1.165, 1.54) is 0 Å². The number of anilines is 1. The second-order valence-corrected chi connectivity index (χ2v) is 4.67. The fourth-order valence-electron chi connectivity index (χ4n) is 1.44. The molecule has 0 aliphatic heterocycles. The molecule has 4 nitrogen and oxygen atoms in total. The van der Waals surface area contributed by atoms with Crippen LogP contribution < -0.4 is 11.1 Å². The number of rotatable bonds is 4. The molecule has 94 valence electrons. The van der Waals surface area contributed by atoms with Crippen molar-refractivity contribution in [2.45, 2.75) is 32.8 Å². The average molecular weight is 236 g/mol. The molecular formula is C13H20N2O2. The highest BCUT2D eigenvalue weighted by molar-refractivity contribution is 5.95. The number of benzene rings is 1. The predicted molar refractivity (Wildman–Crippen MR) is 68.8 cm³/mol. The van der Waals surface area contributed by atoms with Crippen LogP contribution in [0.1, 0.15) is 36.2 Å². The summed E-state index contributed by atoms with van der Waals surface area (Å²) in [5.41, 5.74) is 6.84. The maximum absolute atomic E-state index is 11.8. The Hall–Kier alpha value is -1.55. The second-order valence-electron chi connectivity index (χ2n) is 4.67. The summed E-state index contributed by atoms with van der Waals surface area (Å²) in [6, 6.07) is 5.20. The molecule has 0 spiro atoms. The molecule has 0 radical (unpaired) electrons. The Kier molecular flexibility index (Phi) is 4.12. The van der Waals surface area contributed by atoms with Crippen LogP contribution in [0, 0.1) is 6.92 Å². The summed E-state index contributed by atoms with van der Waals surface area (Å²) in [5, 5.41) is 12.5. The Balaban J connectivity index is 2.70. The summed E-state index contributed by atoms with van der Waals surface area (Å²) in [6.07, 6.45) is 0.587. The Morgan fingerprint density at radius 2 is 2.12 bits per heavy atom. The fraction of sp³-hybridized carbons (Fsp3) is 0.462. The van der Waals surface area contributed by atoms with Crippen molar-refractivity contribution in [3.63, 3.8) is 0 Å². The molecule has 0 aliphatic carbocycles. The first-order chi connectivity index (χ1) is 7.84. The molecule has 0 bridgehead atoms. The Bertz CT molecular complexity index is 394. The van der Waals surface area contributed by atoms with Crippen LogP contribution in [0.25, 0.3) is 0 Å². The third kappa shape index (κ3) is 4.07. The molecule has 0 fully saturated rings. The van der Waals surface area contributed by atoms with Crippen LogP contribution in [0.5, 0.6) is 0 Å². The number of carbonyl (C=O) groups excluding carboxylic acids is 1. The molecule has 4 heteroatoms. The molecule has 0 aliphatic rings.